The molecule has 0 spiro atoms. The second-order valence-corrected chi connectivity index (χ2v) is 12.6. The first-order valence-corrected chi connectivity index (χ1v) is 15.3. The van der Waals surface area contributed by atoms with Gasteiger partial charge in [-0.1, -0.05) is 0 Å². The molecule has 0 radical (unpaired) electrons. The summed E-state index contributed by atoms with van der Waals surface area (Å²) in [5, 5.41) is 0. The quantitative estimate of drug-likeness (QED) is 0.277. The molecule has 0 N–H and O–H groups in total. The number of carbonyl (C=O) groups is 6. The van der Waals surface area contributed by atoms with Crippen molar-refractivity contribution in [3.63, 3.8) is 0 Å². The van der Waals surface area contributed by atoms with E-state index >= 15 is 9.59 Å². The predicted octanol–water partition coefficient (Wildman–Crippen LogP) is 3.56. The van der Waals surface area contributed by atoms with Crippen molar-refractivity contribution in [3.05, 3.63) is 115 Å². The normalized spacial score (nSPS) is 25.7. The van der Waals surface area contributed by atoms with Gasteiger partial charge in [0.05, 0.1) is 28.4 Å². The molecule has 4 bridgehead atoms. The molecule has 0 fully saturated rings. The van der Waals surface area contributed by atoms with Crippen LogP contribution in [-0.2, 0) is 28.8 Å². The van der Waals surface area contributed by atoms with Gasteiger partial charge < -0.3 is 18.9 Å². The fraction of sp³-hybridized carbons (Fsp3) is 0.211. The summed E-state index contributed by atoms with van der Waals surface area (Å²) in [7, 11) is 5.96. The molecular formula is C38H24O10. The molecule has 0 aliphatic heterocycles. The molecule has 0 saturated carbocycles. The highest BCUT2D eigenvalue weighted by Crippen LogP contribution is 2.67. The van der Waals surface area contributed by atoms with E-state index in [4.69, 9.17) is 18.9 Å². The van der Waals surface area contributed by atoms with Crippen LogP contribution in [0.25, 0.3) is 0 Å². The van der Waals surface area contributed by atoms with Crippen molar-refractivity contribution in [3.8, 4) is 23.0 Å². The summed E-state index contributed by atoms with van der Waals surface area (Å²) in [4.78, 5) is 81.4. The standard InChI is InChI=1S/C38H24O10/c1-45-25-9-17-18(10-26(25)46-2)30-14-6-22(40)21(39)5-13(14)29(17)33-34(30)38(44)36-32-16-8-24(42)23(41)7-15(16)31(35(36)37(33)43)19-11-27(47-3)28(48-4)12-20(19)32/h5-12,29-32H,1-4H3/t29-,30+,31-,32+. The number of benzene rings is 2. The number of carbonyl (C=O) groups excluding carboxylic acids is 6. The van der Waals surface area contributed by atoms with Crippen LogP contribution in [0.4, 0.5) is 0 Å². The van der Waals surface area contributed by atoms with E-state index in [0.717, 1.165) is 0 Å². The topological polar surface area (TPSA) is 139 Å². The Morgan fingerprint density at radius 2 is 0.583 bits per heavy atom. The molecule has 236 valence electrons. The van der Waals surface area contributed by atoms with Crippen molar-refractivity contribution in [1.29, 1.82) is 0 Å². The van der Waals surface area contributed by atoms with Gasteiger partial charge in [0.2, 0.25) is 23.1 Å². The lowest BCUT2D eigenvalue weighted by atomic mass is 9.49. The van der Waals surface area contributed by atoms with Crippen LogP contribution in [0.15, 0.2) is 93.2 Å². The lowest BCUT2D eigenvalue weighted by Crippen LogP contribution is -2.46. The van der Waals surface area contributed by atoms with Gasteiger partial charge in [0, 0.05) is 46.0 Å². The predicted molar refractivity (Wildman–Crippen MR) is 166 cm³/mol. The van der Waals surface area contributed by atoms with E-state index in [9.17, 15) is 19.2 Å². The summed E-state index contributed by atoms with van der Waals surface area (Å²) in [5.74, 6) is -5.40. The van der Waals surface area contributed by atoms with Crippen LogP contribution in [0, 0.1) is 0 Å². The van der Waals surface area contributed by atoms with Crippen molar-refractivity contribution in [2.45, 2.75) is 23.7 Å². The van der Waals surface area contributed by atoms with E-state index < -0.39 is 46.8 Å². The van der Waals surface area contributed by atoms with Crippen molar-refractivity contribution >= 4 is 34.7 Å². The Balaban J connectivity index is 1.34. The molecule has 0 aromatic heterocycles. The number of hydrogen-bond donors (Lipinski definition) is 0. The maximum Gasteiger partial charge on any atom is 0.226 e. The molecule has 2 aromatic carbocycles. The third-order valence-corrected chi connectivity index (χ3v) is 10.7. The summed E-state index contributed by atoms with van der Waals surface area (Å²) in [6.45, 7) is 0. The van der Waals surface area contributed by atoms with E-state index in [1.54, 1.807) is 24.3 Å². The second kappa shape index (κ2) is 9.34. The lowest BCUT2D eigenvalue weighted by Gasteiger charge is -2.51. The number of rotatable bonds is 4. The highest BCUT2D eigenvalue weighted by Gasteiger charge is 2.59. The molecule has 10 heteroatoms. The molecule has 0 saturated heterocycles. The van der Waals surface area contributed by atoms with Gasteiger partial charge in [-0.15, -0.1) is 0 Å². The SMILES string of the molecule is COc1cc2c(cc1OC)[C@H]1C3=CC(=O)C(=O)C=C3[C@@H]2C2=C1C(=O)C1=C(C2=O)[C@H]2C3=CC(=O)C(=O)C=C3[C@@H]1c1cc(OC)c(OC)cc12. The monoisotopic (exact) mass is 640 g/mol. The van der Waals surface area contributed by atoms with Gasteiger partial charge >= 0.3 is 0 Å². The average molecular weight is 641 g/mol. The van der Waals surface area contributed by atoms with Crippen LogP contribution in [0.5, 0.6) is 23.0 Å². The lowest BCUT2D eigenvalue weighted by molar-refractivity contribution is -0.131. The number of methoxy groups -OCH3 is 4. The molecule has 9 aliphatic carbocycles. The fourth-order valence-electron chi connectivity index (χ4n) is 8.84. The minimum Gasteiger partial charge on any atom is -0.493 e. The van der Waals surface area contributed by atoms with E-state index in [0.29, 0.717) is 67.5 Å². The number of ketones is 6. The fourth-order valence-corrected chi connectivity index (χ4v) is 8.84. The first kappa shape index (κ1) is 28.3. The van der Waals surface area contributed by atoms with Crippen molar-refractivity contribution < 1.29 is 47.7 Å². The van der Waals surface area contributed by atoms with Gasteiger partial charge in [0.25, 0.3) is 0 Å². The number of hydrogen-bond acceptors (Lipinski definition) is 10. The second-order valence-electron chi connectivity index (χ2n) is 12.6. The zero-order chi connectivity index (χ0) is 33.5. The Labute approximate surface area is 272 Å². The highest BCUT2D eigenvalue weighted by molar-refractivity contribution is 6.48. The maximum absolute atomic E-state index is 15.2. The Morgan fingerprint density at radius 1 is 0.375 bits per heavy atom. The molecule has 0 amide bonds. The number of Topliss-reactive ketones (excluding diaryl/α,β-unsaturated/α-hetero) is 2. The summed E-state index contributed by atoms with van der Waals surface area (Å²) in [6.07, 6.45) is 5.09. The third-order valence-electron chi connectivity index (χ3n) is 10.7. The van der Waals surface area contributed by atoms with E-state index in [-0.39, 0.29) is 33.9 Å². The number of ether oxygens (including phenoxy) is 4. The van der Waals surface area contributed by atoms with E-state index in [1.807, 2.05) is 0 Å². The third kappa shape index (κ3) is 3.21. The largest absolute Gasteiger partial charge is 0.493 e. The van der Waals surface area contributed by atoms with Crippen LogP contribution in [0.1, 0.15) is 45.9 Å². The van der Waals surface area contributed by atoms with Crippen LogP contribution < -0.4 is 18.9 Å². The van der Waals surface area contributed by atoms with Crippen molar-refractivity contribution in [1.82, 2.24) is 0 Å². The highest BCUT2D eigenvalue weighted by atomic mass is 16.5. The Morgan fingerprint density at radius 3 is 0.771 bits per heavy atom. The van der Waals surface area contributed by atoms with Crippen LogP contribution >= 0.6 is 0 Å². The average Bonchev–Trinajstić information content (AvgIpc) is 3.09. The first-order valence-electron chi connectivity index (χ1n) is 15.3. The molecular weight excluding hydrogens is 616 g/mol. The zero-order valence-corrected chi connectivity index (χ0v) is 26.0. The zero-order valence-electron chi connectivity index (χ0n) is 26.0. The smallest absolute Gasteiger partial charge is 0.226 e. The summed E-state index contributed by atoms with van der Waals surface area (Å²) in [6, 6.07) is 7.02. The Bertz CT molecular complexity index is 1990. The van der Waals surface area contributed by atoms with Crippen LogP contribution in [0.2, 0.25) is 0 Å². The van der Waals surface area contributed by atoms with Crippen molar-refractivity contribution in [2.75, 3.05) is 28.4 Å². The Kier molecular flexibility index (Phi) is 5.52. The molecule has 2 aromatic rings. The van der Waals surface area contributed by atoms with Crippen LogP contribution in [-0.4, -0.2) is 63.1 Å². The number of allylic oxidation sites excluding steroid dienone is 12. The Hall–Kier alpha value is -5.90. The molecule has 9 aliphatic rings. The van der Waals surface area contributed by atoms with Crippen molar-refractivity contribution in [2.24, 2.45) is 0 Å². The molecule has 11 rings (SSSR count). The maximum atomic E-state index is 15.2. The summed E-state index contributed by atoms with van der Waals surface area (Å²) in [5.41, 5.74) is 5.52. The van der Waals surface area contributed by atoms with Gasteiger partial charge in [-0.25, -0.2) is 0 Å². The summed E-state index contributed by atoms with van der Waals surface area (Å²) < 4.78 is 22.4. The molecule has 48 heavy (non-hydrogen) atoms. The minimum atomic E-state index is -0.850. The first-order chi connectivity index (χ1) is 23.1. The van der Waals surface area contributed by atoms with Crippen LogP contribution in [0.3, 0.4) is 0 Å². The molecule has 0 unspecified atom stereocenters. The van der Waals surface area contributed by atoms with E-state index in [2.05, 4.69) is 0 Å². The van der Waals surface area contributed by atoms with Gasteiger partial charge in [-0.05, 0) is 93.1 Å². The van der Waals surface area contributed by atoms with Gasteiger partial charge in [0.1, 0.15) is 0 Å². The molecule has 4 atom stereocenters. The molecule has 0 heterocycles. The minimum absolute atomic E-state index is 0.230. The van der Waals surface area contributed by atoms with E-state index in [1.165, 1.54) is 52.7 Å². The van der Waals surface area contributed by atoms with Gasteiger partial charge in [-0.3, -0.25) is 28.8 Å². The van der Waals surface area contributed by atoms with Gasteiger partial charge in [-0.2, -0.15) is 0 Å². The molecule has 10 nitrogen and oxygen atoms in total. The van der Waals surface area contributed by atoms with Gasteiger partial charge in [0.15, 0.2) is 34.6 Å². The summed E-state index contributed by atoms with van der Waals surface area (Å²) >= 11 is 0.